The number of methoxy groups -OCH3 is 2. The van der Waals surface area contributed by atoms with Crippen molar-refractivity contribution in [3.8, 4) is 11.5 Å². The van der Waals surface area contributed by atoms with Crippen molar-refractivity contribution in [3.63, 3.8) is 0 Å². The van der Waals surface area contributed by atoms with Gasteiger partial charge in [0.1, 0.15) is 18.1 Å². The lowest BCUT2D eigenvalue weighted by atomic mass is 10.1. The lowest BCUT2D eigenvalue weighted by molar-refractivity contribution is 0.146. The van der Waals surface area contributed by atoms with Gasteiger partial charge < -0.3 is 29.7 Å². The first-order chi connectivity index (χ1) is 13.5. The normalized spacial score (nSPS) is 11.8. The van der Waals surface area contributed by atoms with E-state index in [4.69, 9.17) is 14.2 Å². The molecule has 0 aromatic heterocycles. The molecule has 0 saturated heterocycles. The second-order valence-electron chi connectivity index (χ2n) is 6.45. The van der Waals surface area contributed by atoms with Crippen LogP contribution in [0.4, 0.5) is 10.5 Å². The Bertz CT molecular complexity index is 717. The van der Waals surface area contributed by atoms with E-state index in [0.717, 1.165) is 17.1 Å². The molecule has 152 valence electrons. The third-order valence-corrected chi connectivity index (χ3v) is 4.25. The Morgan fingerprint density at radius 3 is 2.18 bits per heavy atom. The third kappa shape index (κ3) is 6.75. The molecule has 0 radical (unpaired) electrons. The van der Waals surface area contributed by atoms with Crippen molar-refractivity contribution in [2.45, 2.75) is 6.04 Å². The Balaban J connectivity index is 1.86. The van der Waals surface area contributed by atoms with Crippen LogP contribution in [0.25, 0.3) is 0 Å². The highest BCUT2D eigenvalue weighted by Gasteiger charge is 2.15. The van der Waals surface area contributed by atoms with E-state index in [-0.39, 0.29) is 12.1 Å². The van der Waals surface area contributed by atoms with E-state index in [2.05, 4.69) is 15.5 Å². The van der Waals surface area contributed by atoms with E-state index in [9.17, 15) is 4.79 Å². The fourth-order valence-corrected chi connectivity index (χ4v) is 2.67. The Labute approximate surface area is 166 Å². The van der Waals surface area contributed by atoms with Crippen LogP contribution < -0.4 is 20.1 Å². The maximum Gasteiger partial charge on any atom is 0.319 e. The Kier molecular flexibility index (Phi) is 8.58. The van der Waals surface area contributed by atoms with Gasteiger partial charge in [-0.15, -0.1) is 0 Å². The summed E-state index contributed by atoms with van der Waals surface area (Å²) in [5, 5.41) is 5.76. The summed E-state index contributed by atoms with van der Waals surface area (Å²) in [6.07, 6.45) is 0. The predicted octanol–water partition coefficient (Wildman–Crippen LogP) is 3.14. The van der Waals surface area contributed by atoms with Crippen LogP contribution in [0.5, 0.6) is 11.5 Å². The minimum atomic E-state index is -0.256. The van der Waals surface area contributed by atoms with Crippen LogP contribution in [0, 0.1) is 0 Å². The molecule has 2 aromatic rings. The molecule has 0 aliphatic rings. The quantitative estimate of drug-likeness (QED) is 0.613. The second-order valence-corrected chi connectivity index (χ2v) is 6.45. The van der Waals surface area contributed by atoms with Crippen molar-refractivity contribution in [1.29, 1.82) is 0 Å². The van der Waals surface area contributed by atoms with Gasteiger partial charge in [0.05, 0.1) is 19.8 Å². The van der Waals surface area contributed by atoms with E-state index >= 15 is 0 Å². The fourth-order valence-electron chi connectivity index (χ4n) is 2.67. The average Bonchev–Trinajstić information content (AvgIpc) is 2.70. The molecule has 7 nitrogen and oxygen atoms in total. The number of likely N-dealkylation sites (N-methyl/N-ethyl adjacent to an activating group) is 1. The van der Waals surface area contributed by atoms with Crippen LogP contribution in [-0.2, 0) is 4.74 Å². The highest BCUT2D eigenvalue weighted by atomic mass is 16.5. The van der Waals surface area contributed by atoms with Crippen LogP contribution in [0.1, 0.15) is 11.6 Å². The van der Waals surface area contributed by atoms with Gasteiger partial charge >= 0.3 is 6.03 Å². The zero-order valence-corrected chi connectivity index (χ0v) is 16.9. The van der Waals surface area contributed by atoms with Crippen LogP contribution in [0.2, 0.25) is 0 Å². The molecule has 2 N–H and O–H groups in total. The number of nitrogens with one attached hydrogen (secondary N) is 2. The number of carbonyl (C=O) groups excluding carboxylic acids is 1. The summed E-state index contributed by atoms with van der Waals surface area (Å²) < 4.78 is 15.7. The van der Waals surface area contributed by atoms with Gasteiger partial charge in [0, 0.05) is 19.3 Å². The molecule has 2 amide bonds. The number of rotatable bonds is 10. The van der Waals surface area contributed by atoms with E-state index in [1.165, 1.54) is 0 Å². The lowest BCUT2D eigenvalue weighted by Crippen LogP contribution is -2.36. The van der Waals surface area contributed by atoms with Crippen LogP contribution in [0.15, 0.2) is 48.5 Å². The van der Waals surface area contributed by atoms with Gasteiger partial charge in [0.2, 0.25) is 0 Å². The second kappa shape index (κ2) is 11.2. The zero-order valence-electron chi connectivity index (χ0n) is 16.9. The van der Waals surface area contributed by atoms with E-state index < -0.39 is 0 Å². The fraction of sp³-hybridized carbons (Fsp3) is 0.381. The number of carbonyl (C=O) groups is 1. The Morgan fingerprint density at radius 2 is 1.61 bits per heavy atom. The summed E-state index contributed by atoms with van der Waals surface area (Å²) in [6, 6.07) is 14.9. The largest absolute Gasteiger partial charge is 0.497 e. The van der Waals surface area contributed by atoms with Gasteiger partial charge in [0.15, 0.2) is 0 Å². The molecule has 0 saturated carbocycles. The summed E-state index contributed by atoms with van der Waals surface area (Å²) in [6.45, 7) is 1.49. The molecular formula is C21H29N3O4. The van der Waals surface area contributed by atoms with Crippen LogP contribution in [-0.4, -0.2) is 59.0 Å². The topological polar surface area (TPSA) is 72.1 Å². The smallest absolute Gasteiger partial charge is 0.319 e. The number of hydrogen-bond acceptors (Lipinski definition) is 5. The minimum absolute atomic E-state index is 0.0493. The van der Waals surface area contributed by atoms with Crippen molar-refractivity contribution < 1.29 is 19.0 Å². The monoisotopic (exact) mass is 387 g/mol. The number of anilines is 1. The first kappa shape index (κ1) is 21.5. The molecule has 2 rings (SSSR count). The number of urea groups is 1. The molecule has 0 heterocycles. The highest BCUT2D eigenvalue weighted by molar-refractivity contribution is 5.89. The molecule has 7 heteroatoms. The maximum absolute atomic E-state index is 12.3. The zero-order chi connectivity index (χ0) is 20.4. The van der Waals surface area contributed by atoms with E-state index in [0.29, 0.717) is 25.4 Å². The summed E-state index contributed by atoms with van der Waals surface area (Å²) >= 11 is 0. The lowest BCUT2D eigenvalue weighted by Gasteiger charge is -2.25. The molecule has 0 bridgehead atoms. The van der Waals surface area contributed by atoms with Gasteiger partial charge in [-0.1, -0.05) is 12.1 Å². The van der Waals surface area contributed by atoms with Crippen molar-refractivity contribution in [2.24, 2.45) is 0 Å². The molecule has 0 aliphatic carbocycles. The first-order valence-electron chi connectivity index (χ1n) is 9.10. The van der Waals surface area contributed by atoms with Gasteiger partial charge in [-0.25, -0.2) is 4.79 Å². The molecule has 2 aromatic carbocycles. The van der Waals surface area contributed by atoms with Crippen LogP contribution in [0.3, 0.4) is 0 Å². The SMILES string of the molecule is COCCOc1ccc(NC(=O)NCC(c2ccc(OC)cc2)N(C)C)cc1. The molecule has 0 fully saturated rings. The van der Waals surface area contributed by atoms with Crippen molar-refractivity contribution in [3.05, 3.63) is 54.1 Å². The third-order valence-electron chi connectivity index (χ3n) is 4.25. The molecule has 0 aliphatic heterocycles. The number of ether oxygens (including phenoxy) is 3. The standard InChI is InChI=1S/C21H29N3O4/c1-24(2)20(16-5-9-18(27-4)10-6-16)15-22-21(25)23-17-7-11-19(12-8-17)28-14-13-26-3/h5-12,20H,13-15H2,1-4H3,(H2,22,23,25). The number of nitrogens with zero attached hydrogens (tertiary/aromatic N) is 1. The van der Waals surface area contributed by atoms with Crippen molar-refractivity contribution in [1.82, 2.24) is 10.2 Å². The predicted molar refractivity (Wildman–Crippen MR) is 110 cm³/mol. The highest BCUT2D eigenvalue weighted by Crippen LogP contribution is 2.21. The summed E-state index contributed by atoms with van der Waals surface area (Å²) in [5.41, 5.74) is 1.80. The molecule has 1 atom stereocenters. The molecule has 1 unspecified atom stereocenters. The van der Waals surface area contributed by atoms with Gasteiger partial charge in [0.25, 0.3) is 0 Å². The average molecular weight is 387 g/mol. The molecule has 28 heavy (non-hydrogen) atoms. The minimum Gasteiger partial charge on any atom is -0.497 e. The number of benzene rings is 2. The number of amides is 2. The maximum atomic E-state index is 12.3. The van der Waals surface area contributed by atoms with Crippen molar-refractivity contribution >= 4 is 11.7 Å². The summed E-state index contributed by atoms with van der Waals surface area (Å²) in [5.74, 6) is 1.54. The molecular weight excluding hydrogens is 358 g/mol. The number of hydrogen-bond donors (Lipinski definition) is 2. The Hall–Kier alpha value is -2.77. The van der Waals surface area contributed by atoms with Crippen LogP contribution >= 0.6 is 0 Å². The van der Waals surface area contributed by atoms with E-state index in [1.54, 1.807) is 26.4 Å². The molecule has 0 spiro atoms. The van der Waals surface area contributed by atoms with E-state index in [1.807, 2.05) is 50.5 Å². The van der Waals surface area contributed by atoms with Crippen molar-refractivity contribution in [2.75, 3.05) is 53.4 Å². The van der Waals surface area contributed by atoms with Gasteiger partial charge in [-0.2, -0.15) is 0 Å². The summed E-state index contributed by atoms with van der Waals surface area (Å²) in [7, 11) is 7.24. The summed E-state index contributed by atoms with van der Waals surface area (Å²) in [4.78, 5) is 14.3. The Morgan fingerprint density at radius 1 is 0.964 bits per heavy atom. The first-order valence-corrected chi connectivity index (χ1v) is 9.10. The van der Waals surface area contributed by atoms with Gasteiger partial charge in [-0.3, -0.25) is 0 Å². The van der Waals surface area contributed by atoms with Gasteiger partial charge in [-0.05, 0) is 56.1 Å².